The molecule has 7 nitrogen and oxygen atoms in total. The number of imidazole rings is 1. The number of carbonyl (C=O) groups excluding carboxylic acids is 2. The van der Waals surface area contributed by atoms with E-state index < -0.39 is 11.4 Å². The van der Waals surface area contributed by atoms with Crippen LogP contribution in [0.25, 0.3) is 22.2 Å². The van der Waals surface area contributed by atoms with Crippen molar-refractivity contribution < 1.29 is 14.0 Å². The van der Waals surface area contributed by atoms with Gasteiger partial charge in [0, 0.05) is 31.5 Å². The van der Waals surface area contributed by atoms with Crippen molar-refractivity contribution in [1.82, 2.24) is 19.8 Å². The first-order valence-corrected chi connectivity index (χ1v) is 11.9. The number of amidine groups is 1. The van der Waals surface area contributed by atoms with Crippen LogP contribution in [0, 0.1) is 17.7 Å². The predicted octanol–water partition coefficient (Wildman–Crippen LogP) is 3.36. The number of aromatic amines is 1. The lowest BCUT2D eigenvalue weighted by Crippen LogP contribution is -2.55. The summed E-state index contributed by atoms with van der Waals surface area (Å²) in [6.07, 6.45) is 5.06. The van der Waals surface area contributed by atoms with Gasteiger partial charge in [-0.3, -0.25) is 19.5 Å². The Balaban J connectivity index is 1.14. The van der Waals surface area contributed by atoms with Gasteiger partial charge in [-0.2, -0.15) is 0 Å². The van der Waals surface area contributed by atoms with E-state index in [-0.39, 0.29) is 23.7 Å². The van der Waals surface area contributed by atoms with Crippen molar-refractivity contribution in [3.63, 3.8) is 0 Å². The highest BCUT2D eigenvalue weighted by Gasteiger charge is 2.58. The second-order valence-corrected chi connectivity index (χ2v) is 10.1. The minimum absolute atomic E-state index is 0.0253. The van der Waals surface area contributed by atoms with Gasteiger partial charge < -0.3 is 9.88 Å². The van der Waals surface area contributed by atoms with Crippen LogP contribution in [0.4, 0.5) is 4.39 Å². The average Bonchev–Trinajstić information content (AvgIpc) is 3.72. The number of aromatic nitrogens is 2. The third-order valence-corrected chi connectivity index (χ3v) is 7.54. The lowest BCUT2D eigenvalue weighted by Gasteiger charge is -2.41. The summed E-state index contributed by atoms with van der Waals surface area (Å²) >= 11 is 0. The number of aliphatic imine (C=N–C) groups is 1. The number of rotatable bonds is 5. The Labute approximate surface area is 195 Å². The van der Waals surface area contributed by atoms with E-state index in [9.17, 15) is 9.59 Å². The van der Waals surface area contributed by atoms with Gasteiger partial charge in [0.1, 0.15) is 17.2 Å². The second kappa shape index (κ2) is 6.98. The molecule has 8 heteroatoms. The third-order valence-electron chi connectivity index (χ3n) is 7.54. The highest BCUT2D eigenvalue weighted by molar-refractivity contribution is 6.16. The highest BCUT2D eigenvalue weighted by atomic mass is 19.1. The van der Waals surface area contributed by atoms with Crippen LogP contribution in [-0.4, -0.2) is 62.6 Å². The molecule has 1 saturated heterocycles. The minimum Gasteiger partial charge on any atom is -0.345 e. The molecule has 0 bridgehead atoms. The van der Waals surface area contributed by atoms with Crippen LogP contribution < -0.4 is 0 Å². The number of hydrogen-bond donors (Lipinski definition) is 1. The second-order valence-electron chi connectivity index (χ2n) is 10.1. The van der Waals surface area contributed by atoms with Crippen LogP contribution in [0.5, 0.6) is 0 Å². The fraction of sp³-hybridized carbons (Fsp3) is 0.385. The molecule has 34 heavy (non-hydrogen) atoms. The SMILES string of the molecule is O=C(C1CC1)N1CC(CN2C(=O)C3(CC3)N=C2c2ccc(-c3ccc4nc[nH]c4c3)cc2F)C1. The summed E-state index contributed by atoms with van der Waals surface area (Å²) in [7, 11) is 0. The molecular formula is C26H24FN5O2. The summed E-state index contributed by atoms with van der Waals surface area (Å²) in [5.41, 5.74) is 3.05. The third kappa shape index (κ3) is 3.08. The number of benzene rings is 2. The molecule has 0 atom stereocenters. The number of nitrogens with zero attached hydrogens (tertiary/aromatic N) is 4. The number of amides is 2. The summed E-state index contributed by atoms with van der Waals surface area (Å²) in [4.78, 5) is 41.0. The fourth-order valence-electron chi connectivity index (χ4n) is 5.18. The molecule has 4 aliphatic rings. The van der Waals surface area contributed by atoms with Gasteiger partial charge in [-0.05, 0) is 61.1 Å². The van der Waals surface area contributed by atoms with Gasteiger partial charge in [0.25, 0.3) is 5.91 Å². The van der Waals surface area contributed by atoms with Crippen molar-refractivity contribution in [3.8, 4) is 11.1 Å². The number of carbonyl (C=O) groups is 2. The molecule has 1 spiro atoms. The predicted molar refractivity (Wildman–Crippen MR) is 124 cm³/mol. The maximum absolute atomic E-state index is 15.4. The molecule has 2 amide bonds. The van der Waals surface area contributed by atoms with Crippen molar-refractivity contribution in [2.24, 2.45) is 16.8 Å². The number of halogens is 1. The zero-order valence-electron chi connectivity index (χ0n) is 18.6. The number of fused-ring (bicyclic) bond motifs is 1. The molecule has 0 unspecified atom stereocenters. The molecule has 3 heterocycles. The van der Waals surface area contributed by atoms with E-state index in [0.717, 1.165) is 35.0 Å². The first-order chi connectivity index (χ1) is 16.5. The van der Waals surface area contributed by atoms with Crippen molar-refractivity contribution in [1.29, 1.82) is 0 Å². The topological polar surface area (TPSA) is 81.7 Å². The van der Waals surface area contributed by atoms with Crippen LogP contribution in [0.15, 0.2) is 47.7 Å². The van der Waals surface area contributed by atoms with E-state index in [4.69, 9.17) is 4.99 Å². The normalized spacial score (nSPS) is 21.3. The molecule has 2 aromatic carbocycles. The lowest BCUT2D eigenvalue weighted by molar-refractivity contribution is -0.139. The Morgan fingerprint density at radius 3 is 2.62 bits per heavy atom. The molecule has 172 valence electrons. The zero-order valence-corrected chi connectivity index (χ0v) is 18.6. The van der Waals surface area contributed by atoms with Gasteiger partial charge in [-0.1, -0.05) is 12.1 Å². The molecule has 7 rings (SSSR count). The van der Waals surface area contributed by atoms with E-state index in [2.05, 4.69) is 9.97 Å². The van der Waals surface area contributed by atoms with Gasteiger partial charge in [0.2, 0.25) is 5.91 Å². The van der Waals surface area contributed by atoms with Gasteiger partial charge in [0.05, 0.1) is 22.9 Å². The smallest absolute Gasteiger partial charge is 0.256 e. The van der Waals surface area contributed by atoms with E-state index in [1.807, 2.05) is 29.2 Å². The minimum atomic E-state index is -0.695. The molecule has 3 fully saturated rings. The van der Waals surface area contributed by atoms with Crippen molar-refractivity contribution in [2.75, 3.05) is 19.6 Å². The van der Waals surface area contributed by atoms with Gasteiger partial charge in [0.15, 0.2) is 0 Å². The van der Waals surface area contributed by atoms with E-state index >= 15 is 4.39 Å². The van der Waals surface area contributed by atoms with Gasteiger partial charge in [-0.25, -0.2) is 9.37 Å². The quantitative estimate of drug-likeness (QED) is 0.638. The molecule has 2 aliphatic carbocycles. The summed E-state index contributed by atoms with van der Waals surface area (Å²) in [6.45, 7) is 1.80. The molecule has 0 radical (unpaired) electrons. The van der Waals surface area contributed by atoms with Crippen LogP contribution in [0.2, 0.25) is 0 Å². The summed E-state index contributed by atoms with van der Waals surface area (Å²) in [6, 6.07) is 10.9. The molecule has 3 aromatic rings. The first-order valence-electron chi connectivity index (χ1n) is 11.9. The van der Waals surface area contributed by atoms with Crippen LogP contribution in [-0.2, 0) is 9.59 Å². The summed E-state index contributed by atoms with van der Waals surface area (Å²) in [5, 5.41) is 0. The van der Waals surface area contributed by atoms with E-state index in [1.54, 1.807) is 17.3 Å². The molecular weight excluding hydrogens is 433 g/mol. The first kappa shape index (κ1) is 19.9. The van der Waals surface area contributed by atoms with Crippen molar-refractivity contribution in [2.45, 2.75) is 31.2 Å². The largest absolute Gasteiger partial charge is 0.345 e. The Hall–Kier alpha value is -3.55. The molecule has 1 aromatic heterocycles. The van der Waals surface area contributed by atoms with Crippen LogP contribution in [0.3, 0.4) is 0 Å². The summed E-state index contributed by atoms with van der Waals surface area (Å²) in [5.74, 6) is 0.671. The number of hydrogen-bond acceptors (Lipinski definition) is 4. The Kier molecular flexibility index (Phi) is 4.08. The average molecular weight is 458 g/mol. The summed E-state index contributed by atoms with van der Waals surface area (Å²) < 4.78 is 15.4. The Bertz CT molecular complexity index is 1380. The fourth-order valence-corrected chi connectivity index (χ4v) is 5.18. The molecule has 2 saturated carbocycles. The lowest BCUT2D eigenvalue weighted by atomic mass is 9.97. The maximum atomic E-state index is 15.4. The standard InChI is InChI=1S/C26H24FN5O2/c27-20-9-17(18-4-6-21-22(10-18)29-14-28-21)3-5-19(20)23-30-26(7-8-26)25(34)32(23)13-15-11-31(12-15)24(33)16-1-2-16/h3-6,9-10,14-16H,1-2,7-8,11-13H2,(H,28,29). The molecule has 2 aliphatic heterocycles. The van der Waals surface area contributed by atoms with E-state index in [1.165, 1.54) is 6.07 Å². The maximum Gasteiger partial charge on any atom is 0.256 e. The monoisotopic (exact) mass is 457 g/mol. The number of H-pyrrole nitrogens is 1. The Morgan fingerprint density at radius 2 is 1.88 bits per heavy atom. The Morgan fingerprint density at radius 1 is 1.12 bits per heavy atom. The van der Waals surface area contributed by atoms with Gasteiger partial charge >= 0.3 is 0 Å². The number of likely N-dealkylation sites (tertiary alicyclic amines) is 1. The highest BCUT2D eigenvalue weighted by Crippen LogP contribution is 2.46. The van der Waals surface area contributed by atoms with Gasteiger partial charge in [-0.15, -0.1) is 0 Å². The molecule has 1 N–H and O–H groups in total. The van der Waals surface area contributed by atoms with Crippen LogP contribution in [0.1, 0.15) is 31.2 Å². The van der Waals surface area contributed by atoms with E-state index in [0.29, 0.717) is 43.9 Å². The zero-order chi connectivity index (χ0) is 23.0. The number of nitrogens with one attached hydrogen (secondary N) is 1. The van der Waals surface area contributed by atoms with Crippen molar-refractivity contribution >= 4 is 28.7 Å². The van der Waals surface area contributed by atoms with Crippen LogP contribution >= 0.6 is 0 Å². The van der Waals surface area contributed by atoms with Crippen molar-refractivity contribution in [3.05, 3.63) is 54.1 Å².